The lowest BCUT2D eigenvalue weighted by atomic mass is 10.0. The third-order valence-electron chi connectivity index (χ3n) is 3.78. The van der Waals surface area contributed by atoms with Crippen molar-refractivity contribution in [2.75, 3.05) is 31.2 Å². The largest absolute Gasteiger partial charge is 0.450 e. The highest BCUT2D eigenvalue weighted by Gasteiger charge is 2.28. The van der Waals surface area contributed by atoms with E-state index in [2.05, 4.69) is 10.6 Å². The Morgan fingerprint density at radius 2 is 2.14 bits per heavy atom. The number of thioether (sulfide) groups is 1. The van der Waals surface area contributed by atoms with Crippen LogP contribution in [-0.4, -0.2) is 66.1 Å². The molecule has 0 radical (unpaired) electrons. The first-order chi connectivity index (χ1) is 10.6. The molecular weight excluding hydrogens is 306 g/mol. The molecule has 0 aromatic heterocycles. The molecule has 2 aliphatic heterocycles. The molecule has 3 amide bonds. The summed E-state index contributed by atoms with van der Waals surface area (Å²) in [6, 6.07) is -0.411. The average molecular weight is 329 g/mol. The molecule has 0 unspecified atom stereocenters. The Balaban J connectivity index is 1.76. The first-order valence-corrected chi connectivity index (χ1v) is 8.84. The van der Waals surface area contributed by atoms with E-state index in [-0.39, 0.29) is 23.9 Å². The van der Waals surface area contributed by atoms with Gasteiger partial charge in [0.05, 0.1) is 6.61 Å². The second kappa shape index (κ2) is 8.26. The molecule has 0 aromatic rings. The van der Waals surface area contributed by atoms with Crippen molar-refractivity contribution in [2.45, 2.75) is 38.3 Å². The maximum atomic E-state index is 12.2. The van der Waals surface area contributed by atoms with Crippen LogP contribution in [0.15, 0.2) is 0 Å². The van der Waals surface area contributed by atoms with Crippen molar-refractivity contribution in [3.63, 3.8) is 0 Å². The molecule has 0 spiro atoms. The minimum atomic E-state index is -0.455. The second-order valence-corrected chi connectivity index (χ2v) is 6.56. The molecule has 0 bridgehead atoms. The van der Waals surface area contributed by atoms with Gasteiger partial charge in [0.1, 0.15) is 6.04 Å². The van der Waals surface area contributed by atoms with E-state index in [9.17, 15) is 14.4 Å². The number of piperidine rings is 1. The van der Waals surface area contributed by atoms with Gasteiger partial charge in [-0.3, -0.25) is 9.59 Å². The topological polar surface area (TPSA) is 87.7 Å². The summed E-state index contributed by atoms with van der Waals surface area (Å²) in [5, 5.41) is 5.74. The number of rotatable bonds is 3. The molecule has 2 heterocycles. The van der Waals surface area contributed by atoms with Gasteiger partial charge in [-0.25, -0.2) is 4.79 Å². The molecule has 2 fully saturated rings. The number of likely N-dealkylation sites (tertiary alicyclic amines) is 1. The average Bonchev–Trinajstić information content (AvgIpc) is 2.73. The number of nitrogens with zero attached hydrogens (tertiary/aromatic N) is 1. The van der Waals surface area contributed by atoms with Crippen molar-refractivity contribution < 1.29 is 19.1 Å². The summed E-state index contributed by atoms with van der Waals surface area (Å²) in [5.41, 5.74) is 0. The Labute approximate surface area is 134 Å². The van der Waals surface area contributed by atoms with Crippen molar-refractivity contribution in [3.05, 3.63) is 0 Å². The lowest BCUT2D eigenvalue weighted by Crippen LogP contribution is -2.53. The van der Waals surface area contributed by atoms with Crippen LogP contribution in [0.25, 0.3) is 0 Å². The molecule has 0 aromatic carbocycles. The standard InChI is InChI=1S/C14H23N3O4S/c1-2-21-14(20)17-6-3-10(4-7-17)15-13(19)11-9-22-8-5-12(18)16-11/h10-11H,2-9H2,1H3,(H,15,19)(H,16,18)/t11-/m0/s1. The highest BCUT2D eigenvalue weighted by atomic mass is 32.2. The van der Waals surface area contributed by atoms with Crippen molar-refractivity contribution in [3.8, 4) is 0 Å². The van der Waals surface area contributed by atoms with Gasteiger partial charge in [-0.05, 0) is 19.8 Å². The molecule has 2 N–H and O–H groups in total. The summed E-state index contributed by atoms with van der Waals surface area (Å²) in [4.78, 5) is 37.0. The summed E-state index contributed by atoms with van der Waals surface area (Å²) in [7, 11) is 0. The Morgan fingerprint density at radius 3 is 2.82 bits per heavy atom. The van der Waals surface area contributed by atoms with Crippen molar-refractivity contribution >= 4 is 29.7 Å². The molecule has 2 aliphatic rings. The highest BCUT2D eigenvalue weighted by molar-refractivity contribution is 7.99. The Bertz CT molecular complexity index is 424. The Hall–Kier alpha value is -1.44. The van der Waals surface area contributed by atoms with E-state index < -0.39 is 6.04 Å². The van der Waals surface area contributed by atoms with Gasteiger partial charge in [0.15, 0.2) is 0 Å². The summed E-state index contributed by atoms with van der Waals surface area (Å²) in [6.45, 7) is 3.31. The maximum Gasteiger partial charge on any atom is 0.409 e. The fraction of sp³-hybridized carbons (Fsp3) is 0.786. The van der Waals surface area contributed by atoms with Crippen molar-refractivity contribution in [1.29, 1.82) is 0 Å². The first kappa shape index (κ1) is 16.9. The predicted molar refractivity (Wildman–Crippen MR) is 83.6 cm³/mol. The number of nitrogens with one attached hydrogen (secondary N) is 2. The third-order valence-corrected chi connectivity index (χ3v) is 4.84. The van der Waals surface area contributed by atoms with E-state index in [4.69, 9.17) is 4.74 Å². The van der Waals surface area contributed by atoms with Gasteiger partial charge in [-0.2, -0.15) is 11.8 Å². The van der Waals surface area contributed by atoms with Gasteiger partial charge in [0.2, 0.25) is 11.8 Å². The zero-order valence-corrected chi connectivity index (χ0v) is 13.6. The first-order valence-electron chi connectivity index (χ1n) is 7.69. The molecule has 124 valence electrons. The van der Waals surface area contributed by atoms with Crippen LogP contribution in [0.3, 0.4) is 0 Å². The fourth-order valence-corrected chi connectivity index (χ4v) is 3.51. The summed E-state index contributed by atoms with van der Waals surface area (Å²) < 4.78 is 4.97. The quantitative estimate of drug-likeness (QED) is 0.780. The van der Waals surface area contributed by atoms with Crippen LogP contribution >= 0.6 is 11.8 Å². The van der Waals surface area contributed by atoms with Crippen LogP contribution in [-0.2, 0) is 14.3 Å². The van der Waals surface area contributed by atoms with Crippen molar-refractivity contribution in [1.82, 2.24) is 15.5 Å². The molecular formula is C14H23N3O4S. The van der Waals surface area contributed by atoms with E-state index in [1.54, 1.807) is 23.6 Å². The van der Waals surface area contributed by atoms with Crippen LogP contribution in [0.2, 0.25) is 0 Å². The van der Waals surface area contributed by atoms with E-state index in [1.807, 2.05) is 0 Å². The molecule has 1 atom stereocenters. The highest BCUT2D eigenvalue weighted by Crippen LogP contribution is 2.13. The van der Waals surface area contributed by atoms with Crippen LogP contribution in [0, 0.1) is 0 Å². The van der Waals surface area contributed by atoms with E-state index in [0.717, 1.165) is 5.75 Å². The van der Waals surface area contributed by atoms with E-state index >= 15 is 0 Å². The lowest BCUT2D eigenvalue weighted by Gasteiger charge is -2.32. The van der Waals surface area contributed by atoms with E-state index in [1.165, 1.54) is 0 Å². The normalized spacial score (nSPS) is 23.4. The minimum Gasteiger partial charge on any atom is -0.450 e. The van der Waals surface area contributed by atoms with Crippen LogP contribution in [0.1, 0.15) is 26.2 Å². The Kier molecular flexibility index (Phi) is 6.35. The van der Waals surface area contributed by atoms with Crippen LogP contribution in [0.5, 0.6) is 0 Å². The number of hydrogen-bond donors (Lipinski definition) is 2. The molecule has 2 rings (SSSR count). The fourth-order valence-electron chi connectivity index (χ4n) is 2.54. The SMILES string of the molecule is CCOC(=O)N1CCC(NC(=O)[C@@H]2CSCCC(=O)N2)CC1. The molecule has 22 heavy (non-hydrogen) atoms. The summed E-state index contributed by atoms with van der Waals surface area (Å²) >= 11 is 1.61. The Morgan fingerprint density at radius 1 is 1.41 bits per heavy atom. The minimum absolute atomic E-state index is 0.0448. The van der Waals surface area contributed by atoms with Gasteiger partial charge in [0.25, 0.3) is 0 Å². The number of hydrogen-bond acceptors (Lipinski definition) is 5. The zero-order chi connectivity index (χ0) is 15.9. The monoisotopic (exact) mass is 329 g/mol. The number of amides is 3. The summed E-state index contributed by atoms with van der Waals surface area (Å²) in [6.07, 6.45) is 1.59. The molecule has 0 saturated carbocycles. The third kappa shape index (κ3) is 4.79. The van der Waals surface area contributed by atoms with Crippen LogP contribution < -0.4 is 10.6 Å². The maximum absolute atomic E-state index is 12.2. The number of carbonyl (C=O) groups is 3. The summed E-state index contributed by atoms with van der Waals surface area (Å²) in [5.74, 6) is 1.17. The van der Waals surface area contributed by atoms with Crippen LogP contribution in [0.4, 0.5) is 4.79 Å². The number of ether oxygens (including phenoxy) is 1. The van der Waals surface area contributed by atoms with E-state index in [0.29, 0.717) is 44.7 Å². The van der Waals surface area contributed by atoms with Gasteiger partial charge in [-0.1, -0.05) is 0 Å². The number of carbonyl (C=O) groups excluding carboxylic acids is 3. The van der Waals surface area contributed by atoms with Gasteiger partial charge in [0, 0.05) is 37.1 Å². The molecule has 8 heteroatoms. The molecule has 7 nitrogen and oxygen atoms in total. The lowest BCUT2D eigenvalue weighted by molar-refractivity contribution is -0.128. The molecule has 2 saturated heterocycles. The smallest absolute Gasteiger partial charge is 0.409 e. The zero-order valence-electron chi connectivity index (χ0n) is 12.8. The van der Waals surface area contributed by atoms with Crippen molar-refractivity contribution in [2.24, 2.45) is 0 Å². The van der Waals surface area contributed by atoms with Gasteiger partial charge < -0.3 is 20.3 Å². The van der Waals surface area contributed by atoms with Gasteiger partial charge >= 0.3 is 6.09 Å². The van der Waals surface area contributed by atoms with Gasteiger partial charge in [-0.15, -0.1) is 0 Å². The molecule has 0 aliphatic carbocycles. The predicted octanol–water partition coefficient (Wildman–Crippen LogP) is 0.345. The second-order valence-electron chi connectivity index (χ2n) is 5.41.